The molecule has 0 N–H and O–H groups in total. The molecule has 2 fully saturated rings. The Morgan fingerprint density at radius 3 is 2.78 bits per heavy atom. The molecule has 0 bridgehead atoms. The molecule has 1 saturated carbocycles. The van der Waals surface area contributed by atoms with Crippen molar-refractivity contribution in [3.05, 3.63) is 24.2 Å². The first kappa shape index (κ1) is 11.5. The maximum Gasteiger partial charge on any atom is 0.233 e. The van der Waals surface area contributed by atoms with Crippen LogP contribution < -0.4 is 0 Å². The molecule has 0 radical (unpaired) electrons. The molecule has 18 heavy (non-hydrogen) atoms. The van der Waals surface area contributed by atoms with Crippen molar-refractivity contribution in [2.24, 2.45) is 17.8 Å². The molecule has 3 atom stereocenters. The Hall–Kier alpha value is -1.58. The minimum atomic E-state index is -0.0868. The zero-order valence-corrected chi connectivity index (χ0v) is 10.5. The van der Waals surface area contributed by atoms with Gasteiger partial charge in [0.1, 0.15) is 5.76 Å². The summed E-state index contributed by atoms with van der Waals surface area (Å²) in [5.74, 6) is 1.04. The standard InChI is InChI=1S/C14H17NO3/c1-9-4-5-11-12(7-9)14(17)15(13(11)16)8-10-3-2-6-18-10/h2-3,6,9,11-12H,4-5,7-8H2,1H3. The van der Waals surface area contributed by atoms with Crippen molar-refractivity contribution in [3.63, 3.8) is 0 Å². The van der Waals surface area contributed by atoms with Gasteiger partial charge in [-0.1, -0.05) is 6.92 Å². The molecule has 1 aliphatic heterocycles. The highest BCUT2D eigenvalue weighted by Crippen LogP contribution is 2.40. The first-order valence-corrected chi connectivity index (χ1v) is 6.54. The number of imide groups is 1. The number of nitrogens with zero attached hydrogens (tertiary/aromatic N) is 1. The van der Waals surface area contributed by atoms with Crippen LogP contribution in [0.15, 0.2) is 22.8 Å². The third kappa shape index (κ3) is 1.76. The van der Waals surface area contributed by atoms with Gasteiger partial charge >= 0.3 is 0 Å². The van der Waals surface area contributed by atoms with Crippen molar-refractivity contribution in [3.8, 4) is 0 Å². The highest BCUT2D eigenvalue weighted by molar-refractivity contribution is 6.05. The number of furan rings is 1. The van der Waals surface area contributed by atoms with Crippen LogP contribution in [0.2, 0.25) is 0 Å². The van der Waals surface area contributed by atoms with Crippen LogP contribution in [0.25, 0.3) is 0 Å². The van der Waals surface area contributed by atoms with Crippen LogP contribution in [0.5, 0.6) is 0 Å². The topological polar surface area (TPSA) is 50.5 Å². The number of carbonyl (C=O) groups excluding carboxylic acids is 2. The number of carbonyl (C=O) groups is 2. The van der Waals surface area contributed by atoms with Gasteiger partial charge in [-0.3, -0.25) is 14.5 Å². The smallest absolute Gasteiger partial charge is 0.233 e. The molecule has 3 rings (SSSR count). The minimum Gasteiger partial charge on any atom is -0.467 e. The van der Waals surface area contributed by atoms with Gasteiger partial charge in [-0.15, -0.1) is 0 Å². The Bertz CT molecular complexity index is 465. The fourth-order valence-corrected chi connectivity index (χ4v) is 3.17. The Kier molecular flexibility index (Phi) is 2.73. The van der Waals surface area contributed by atoms with Gasteiger partial charge in [0.2, 0.25) is 11.8 Å². The fraction of sp³-hybridized carbons (Fsp3) is 0.571. The average Bonchev–Trinajstić information content (AvgIpc) is 2.93. The third-order valence-electron chi connectivity index (χ3n) is 4.17. The monoisotopic (exact) mass is 247 g/mol. The molecular weight excluding hydrogens is 230 g/mol. The summed E-state index contributed by atoms with van der Waals surface area (Å²) in [4.78, 5) is 25.9. The fourth-order valence-electron chi connectivity index (χ4n) is 3.17. The molecule has 1 aromatic heterocycles. The normalized spacial score (nSPS) is 31.8. The highest BCUT2D eigenvalue weighted by atomic mass is 16.3. The van der Waals surface area contributed by atoms with E-state index in [0.717, 1.165) is 19.3 Å². The van der Waals surface area contributed by atoms with Crippen LogP contribution in [0.3, 0.4) is 0 Å². The van der Waals surface area contributed by atoms with Gasteiger partial charge in [0.25, 0.3) is 0 Å². The molecule has 2 heterocycles. The second-order valence-corrected chi connectivity index (χ2v) is 5.47. The van der Waals surface area contributed by atoms with E-state index in [-0.39, 0.29) is 30.2 Å². The van der Waals surface area contributed by atoms with Crippen molar-refractivity contribution in [1.82, 2.24) is 4.90 Å². The van der Waals surface area contributed by atoms with Gasteiger partial charge in [-0.25, -0.2) is 0 Å². The van der Waals surface area contributed by atoms with Gasteiger partial charge in [0.05, 0.1) is 24.6 Å². The lowest BCUT2D eigenvalue weighted by Gasteiger charge is -2.25. The van der Waals surface area contributed by atoms with Crippen LogP contribution in [0, 0.1) is 17.8 Å². The molecule has 1 aliphatic carbocycles. The molecule has 3 unspecified atom stereocenters. The third-order valence-corrected chi connectivity index (χ3v) is 4.17. The Balaban J connectivity index is 1.80. The predicted octanol–water partition coefficient (Wildman–Crippen LogP) is 2.20. The second kappa shape index (κ2) is 4.26. The number of hydrogen-bond acceptors (Lipinski definition) is 3. The van der Waals surface area contributed by atoms with E-state index in [9.17, 15) is 9.59 Å². The maximum absolute atomic E-state index is 12.3. The first-order chi connectivity index (χ1) is 8.66. The quantitative estimate of drug-likeness (QED) is 0.753. The van der Waals surface area contributed by atoms with Gasteiger partial charge < -0.3 is 4.42 Å². The summed E-state index contributed by atoms with van der Waals surface area (Å²) in [5, 5.41) is 0. The van der Waals surface area contributed by atoms with Crippen molar-refractivity contribution in [2.75, 3.05) is 0 Å². The molecule has 1 aromatic rings. The summed E-state index contributed by atoms with van der Waals surface area (Å²) in [7, 11) is 0. The van der Waals surface area contributed by atoms with Crippen LogP contribution in [0.1, 0.15) is 31.9 Å². The second-order valence-electron chi connectivity index (χ2n) is 5.47. The average molecular weight is 247 g/mol. The van der Waals surface area contributed by atoms with Gasteiger partial charge in [0, 0.05) is 0 Å². The van der Waals surface area contributed by atoms with Gasteiger partial charge in [-0.2, -0.15) is 0 Å². The predicted molar refractivity (Wildman–Crippen MR) is 64.3 cm³/mol. The number of rotatable bonds is 2. The highest BCUT2D eigenvalue weighted by Gasteiger charge is 2.49. The number of amides is 2. The molecule has 4 heteroatoms. The molecule has 0 aromatic carbocycles. The first-order valence-electron chi connectivity index (χ1n) is 6.54. The lowest BCUT2D eigenvalue weighted by atomic mass is 9.76. The molecule has 1 saturated heterocycles. The number of fused-ring (bicyclic) bond motifs is 1. The molecule has 2 amide bonds. The number of hydrogen-bond donors (Lipinski definition) is 0. The van der Waals surface area contributed by atoms with Crippen LogP contribution >= 0.6 is 0 Å². The van der Waals surface area contributed by atoms with Crippen molar-refractivity contribution < 1.29 is 14.0 Å². The van der Waals surface area contributed by atoms with Gasteiger partial charge in [-0.05, 0) is 37.3 Å². The summed E-state index contributed by atoms with van der Waals surface area (Å²) in [5.41, 5.74) is 0. The lowest BCUT2D eigenvalue weighted by Crippen LogP contribution is -2.30. The molecule has 4 nitrogen and oxygen atoms in total. The van der Waals surface area contributed by atoms with E-state index in [1.165, 1.54) is 4.90 Å². The van der Waals surface area contributed by atoms with Crippen LogP contribution in [-0.2, 0) is 16.1 Å². The summed E-state index contributed by atoms with van der Waals surface area (Å²) < 4.78 is 5.22. The summed E-state index contributed by atoms with van der Waals surface area (Å²) in [6.45, 7) is 2.44. The maximum atomic E-state index is 12.3. The van der Waals surface area contributed by atoms with E-state index in [1.807, 2.05) is 0 Å². The number of likely N-dealkylation sites (tertiary alicyclic amines) is 1. The van der Waals surface area contributed by atoms with E-state index < -0.39 is 0 Å². The van der Waals surface area contributed by atoms with Crippen LogP contribution in [0.4, 0.5) is 0 Å². The van der Waals surface area contributed by atoms with Gasteiger partial charge in [0.15, 0.2) is 0 Å². The molecular formula is C14H17NO3. The Morgan fingerprint density at radius 2 is 2.06 bits per heavy atom. The summed E-state index contributed by atoms with van der Waals surface area (Å²) >= 11 is 0. The zero-order chi connectivity index (χ0) is 12.7. The van der Waals surface area contributed by atoms with E-state index in [4.69, 9.17) is 4.42 Å². The van der Waals surface area contributed by atoms with E-state index in [0.29, 0.717) is 11.7 Å². The van der Waals surface area contributed by atoms with E-state index in [2.05, 4.69) is 6.92 Å². The van der Waals surface area contributed by atoms with Crippen molar-refractivity contribution in [2.45, 2.75) is 32.7 Å². The van der Waals surface area contributed by atoms with E-state index >= 15 is 0 Å². The van der Waals surface area contributed by atoms with Crippen molar-refractivity contribution in [1.29, 1.82) is 0 Å². The summed E-state index contributed by atoms with van der Waals surface area (Å²) in [6.07, 6.45) is 4.32. The molecule has 96 valence electrons. The molecule has 2 aliphatic rings. The SMILES string of the molecule is CC1CCC2C(=O)N(Cc3ccco3)C(=O)C2C1. The molecule has 0 spiro atoms. The van der Waals surface area contributed by atoms with Crippen LogP contribution in [-0.4, -0.2) is 16.7 Å². The van der Waals surface area contributed by atoms with E-state index in [1.54, 1.807) is 18.4 Å². The Morgan fingerprint density at radius 1 is 1.28 bits per heavy atom. The lowest BCUT2D eigenvalue weighted by molar-refractivity contribution is -0.140. The minimum absolute atomic E-state index is 0.00620. The largest absolute Gasteiger partial charge is 0.467 e. The Labute approximate surface area is 106 Å². The van der Waals surface area contributed by atoms with Crippen molar-refractivity contribution >= 4 is 11.8 Å². The zero-order valence-electron chi connectivity index (χ0n) is 10.5. The summed E-state index contributed by atoms with van der Waals surface area (Å²) in [6, 6.07) is 3.57.